The molecule has 6 nitrogen and oxygen atoms in total. The lowest BCUT2D eigenvalue weighted by molar-refractivity contribution is 0.0632. The number of nitrogens with zero attached hydrogens (tertiary/aromatic N) is 2. The van der Waals surface area contributed by atoms with Crippen molar-refractivity contribution in [2.75, 3.05) is 65.0 Å². The van der Waals surface area contributed by atoms with Crippen LogP contribution in [0, 0.1) is 0 Å². The number of nitrogens with one attached hydrogen (secondary N) is 1. The fourth-order valence-electron chi connectivity index (χ4n) is 3.90. The summed E-state index contributed by atoms with van der Waals surface area (Å²) >= 11 is 2.06. The number of piperazine rings is 1. The molecule has 7 heteroatoms. The van der Waals surface area contributed by atoms with Crippen LogP contribution >= 0.6 is 11.8 Å². The van der Waals surface area contributed by atoms with Gasteiger partial charge in [0.1, 0.15) is 12.7 Å². The van der Waals surface area contributed by atoms with E-state index in [1.807, 2.05) is 6.07 Å². The van der Waals surface area contributed by atoms with Gasteiger partial charge in [0.2, 0.25) is 0 Å². The normalized spacial score (nSPS) is 20.3. The first-order valence-electron chi connectivity index (χ1n) is 10.3. The van der Waals surface area contributed by atoms with E-state index >= 15 is 0 Å². The summed E-state index contributed by atoms with van der Waals surface area (Å²) in [6.07, 6.45) is 2.03. The monoisotopic (exact) mass is 409 g/mol. The topological polar surface area (TPSA) is 57.2 Å². The Labute approximate surface area is 173 Å². The largest absolute Gasteiger partial charge is 0.493 e. The van der Waals surface area contributed by atoms with Crippen LogP contribution in [0.5, 0.6) is 11.5 Å². The van der Waals surface area contributed by atoms with Gasteiger partial charge in [0.05, 0.1) is 7.11 Å². The Morgan fingerprint density at radius 1 is 1.25 bits per heavy atom. The van der Waals surface area contributed by atoms with Crippen LogP contribution in [0.3, 0.4) is 0 Å². The van der Waals surface area contributed by atoms with Gasteiger partial charge in [0, 0.05) is 45.3 Å². The summed E-state index contributed by atoms with van der Waals surface area (Å²) in [4.78, 5) is 4.72. The number of benzene rings is 1. The quantitative estimate of drug-likeness (QED) is 0.643. The molecule has 1 atom stereocenters. The number of rotatable bonds is 9. The van der Waals surface area contributed by atoms with E-state index in [0.29, 0.717) is 18.3 Å². The lowest BCUT2D eigenvalue weighted by atomic mass is 10.1. The van der Waals surface area contributed by atoms with Crippen LogP contribution in [-0.4, -0.2) is 92.0 Å². The predicted molar refractivity (Wildman–Crippen MR) is 116 cm³/mol. The number of β-amino-alcohol motifs (C(OH)–C–C–N with tert-alkyl or cyclic N) is 1. The van der Waals surface area contributed by atoms with Crippen molar-refractivity contribution in [1.29, 1.82) is 0 Å². The van der Waals surface area contributed by atoms with Gasteiger partial charge in [-0.15, -0.1) is 0 Å². The molecule has 0 saturated carbocycles. The third-order valence-corrected chi connectivity index (χ3v) is 6.63. The minimum absolute atomic E-state index is 0.277. The van der Waals surface area contributed by atoms with Gasteiger partial charge in [-0.05, 0) is 49.1 Å². The molecule has 0 amide bonds. The van der Waals surface area contributed by atoms with Gasteiger partial charge >= 0.3 is 0 Å². The molecule has 0 aliphatic carbocycles. The highest BCUT2D eigenvalue weighted by atomic mass is 32.2. The minimum Gasteiger partial charge on any atom is -0.493 e. The maximum Gasteiger partial charge on any atom is 0.161 e. The van der Waals surface area contributed by atoms with Crippen LogP contribution in [0.1, 0.15) is 18.4 Å². The summed E-state index contributed by atoms with van der Waals surface area (Å²) in [5.41, 5.74) is 1.23. The summed E-state index contributed by atoms with van der Waals surface area (Å²) in [5, 5.41) is 13.6. The Morgan fingerprint density at radius 2 is 2.00 bits per heavy atom. The molecule has 2 aliphatic rings. The summed E-state index contributed by atoms with van der Waals surface area (Å²) in [6, 6.07) is 6.81. The second-order valence-corrected chi connectivity index (χ2v) is 8.98. The van der Waals surface area contributed by atoms with Gasteiger partial charge in [-0.3, -0.25) is 9.80 Å². The highest BCUT2D eigenvalue weighted by molar-refractivity contribution is 7.99. The van der Waals surface area contributed by atoms with Crippen LogP contribution in [0.25, 0.3) is 0 Å². The number of aliphatic hydroxyl groups excluding tert-OH is 1. The molecular weight excluding hydrogens is 374 g/mol. The van der Waals surface area contributed by atoms with Crippen LogP contribution in [0.15, 0.2) is 18.2 Å². The van der Waals surface area contributed by atoms with Crippen LogP contribution in [0.2, 0.25) is 0 Å². The SMILES string of the molecule is COc1cc(CN(C)C2CCSCC2)ccc1OCC(O)CN1CCNCC1. The zero-order valence-corrected chi connectivity index (χ0v) is 18.0. The highest BCUT2D eigenvalue weighted by Crippen LogP contribution is 2.29. The standard InChI is InChI=1S/C21H35N3O3S/c1-23(18-5-11-28-12-6-18)14-17-3-4-20(21(13-17)26-2)27-16-19(25)15-24-9-7-22-8-10-24/h3-4,13,18-19,22,25H,5-12,14-16H2,1-2H3. The van der Waals surface area contributed by atoms with Crippen molar-refractivity contribution in [1.82, 2.24) is 15.1 Å². The Bertz CT molecular complexity index is 592. The van der Waals surface area contributed by atoms with Crippen LogP contribution < -0.4 is 14.8 Å². The van der Waals surface area contributed by atoms with Gasteiger partial charge in [-0.2, -0.15) is 11.8 Å². The zero-order valence-electron chi connectivity index (χ0n) is 17.2. The van der Waals surface area contributed by atoms with Crippen LogP contribution in [-0.2, 0) is 6.54 Å². The number of methoxy groups -OCH3 is 1. The first-order valence-corrected chi connectivity index (χ1v) is 11.5. The summed E-state index contributed by atoms with van der Waals surface area (Å²) < 4.78 is 11.4. The second kappa shape index (κ2) is 11.3. The number of ether oxygens (including phenoxy) is 2. The minimum atomic E-state index is -0.502. The third kappa shape index (κ3) is 6.52. The molecule has 0 spiro atoms. The number of aliphatic hydroxyl groups is 1. The van der Waals surface area contributed by atoms with Gasteiger partial charge in [-0.1, -0.05) is 6.07 Å². The molecule has 2 fully saturated rings. The van der Waals surface area contributed by atoms with Gasteiger partial charge in [-0.25, -0.2) is 0 Å². The van der Waals surface area contributed by atoms with Crippen LogP contribution in [0.4, 0.5) is 0 Å². The Hall–Kier alpha value is -0.990. The maximum atomic E-state index is 10.3. The Balaban J connectivity index is 1.50. The zero-order chi connectivity index (χ0) is 19.8. The molecule has 2 heterocycles. The summed E-state index contributed by atoms with van der Waals surface area (Å²) in [7, 11) is 3.88. The van der Waals surface area contributed by atoms with Crippen molar-refractivity contribution >= 4 is 11.8 Å². The van der Waals surface area contributed by atoms with Gasteiger partial charge in [0.15, 0.2) is 11.5 Å². The van der Waals surface area contributed by atoms with Gasteiger partial charge in [0.25, 0.3) is 0 Å². The second-order valence-electron chi connectivity index (χ2n) is 7.76. The molecule has 2 N–H and O–H groups in total. The molecule has 0 aromatic heterocycles. The molecule has 2 saturated heterocycles. The fraction of sp³-hybridized carbons (Fsp3) is 0.714. The van der Waals surface area contributed by atoms with Crippen molar-refractivity contribution in [3.05, 3.63) is 23.8 Å². The van der Waals surface area contributed by atoms with Gasteiger partial charge < -0.3 is 19.9 Å². The predicted octanol–water partition coefficient (Wildman–Crippen LogP) is 1.67. The molecular formula is C21H35N3O3S. The molecule has 1 unspecified atom stereocenters. The first-order chi connectivity index (χ1) is 13.7. The lowest BCUT2D eigenvalue weighted by Crippen LogP contribution is -2.47. The molecule has 28 heavy (non-hydrogen) atoms. The van der Waals surface area contributed by atoms with Crippen molar-refractivity contribution in [2.24, 2.45) is 0 Å². The Morgan fingerprint density at radius 3 is 2.71 bits per heavy atom. The molecule has 1 aromatic carbocycles. The highest BCUT2D eigenvalue weighted by Gasteiger charge is 2.19. The smallest absolute Gasteiger partial charge is 0.161 e. The number of hydrogen-bond acceptors (Lipinski definition) is 7. The maximum absolute atomic E-state index is 10.3. The lowest BCUT2D eigenvalue weighted by Gasteiger charge is -2.31. The van der Waals surface area contributed by atoms with E-state index in [1.165, 1.54) is 29.9 Å². The molecule has 1 aromatic rings. The first kappa shape index (κ1) is 21.7. The van der Waals surface area contributed by atoms with E-state index in [0.717, 1.165) is 38.5 Å². The van der Waals surface area contributed by atoms with E-state index in [-0.39, 0.29) is 6.61 Å². The third-order valence-electron chi connectivity index (χ3n) is 5.58. The average Bonchev–Trinajstić information content (AvgIpc) is 2.74. The Kier molecular flexibility index (Phi) is 8.73. The van der Waals surface area contributed by atoms with E-state index in [1.54, 1.807) is 7.11 Å². The van der Waals surface area contributed by atoms with E-state index in [2.05, 4.69) is 46.1 Å². The molecule has 0 radical (unpaired) electrons. The summed E-state index contributed by atoms with van der Waals surface area (Å²) in [5.74, 6) is 3.96. The van der Waals surface area contributed by atoms with Crippen molar-refractivity contribution in [2.45, 2.75) is 31.5 Å². The van der Waals surface area contributed by atoms with Crippen molar-refractivity contribution in [3.63, 3.8) is 0 Å². The molecule has 2 aliphatic heterocycles. The number of thioether (sulfide) groups is 1. The number of hydrogen-bond donors (Lipinski definition) is 2. The molecule has 158 valence electrons. The molecule has 3 rings (SSSR count). The molecule has 0 bridgehead atoms. The average molecular weight is 410 g/mol. The fourth-order valence-corrected chi connectivity index (χ4v) is 4.98. The van der Waals surface area contributed by atoms with E-state index < -0.39 is 6.10 Å². The van der Waals surface area contributed by atoms with Crippen molar-refractivity contribution in [3.8, 4) is 11.5 Å². The van der Waals surface area contributed by atoms with Crippen molar-refractivity contribution < 1.29 is 14.6 Å². The summed E-state index contributed by atoms with van der Waals surface area (Å²) in [6.45, 7) is 5.75. The van der Waals surface area contributed by atoms with E-state index in [9.17, 15) is 5.11 Å². The van der Waals surface area contributed by atoms with E-state index in [4.69, 9.17) is 9.47 Å².